The maximum absolute atomic E-state index is 11.6. The molecule has 1 aliphatic heterocycles. The van der Waals surface area contributed by atoms with Crippen molar-refractivity contribution in [2.75, 3.05) is 11.9 Å². The Balaban J connectivity index is 1.92. The molecule has 0 radical (unpaired) electrons. The lowest BCUT2D eigenvalue weighted by Gasteiger charge is -2.06. The zero-order valence-electron chi connectivity index (χ0n) is 8.52. The van der Waals surface area contributed by atoms with Gasteiger partial charge in [0, 0.05) is 6.61 Å². The van der Waals surface area contributed by atoms with Crippen LogP contribution in [0.3, 0.4) is 0 Å². The number of nitrogens with zero attached hydrogens (tertiary/aromatic N) is 2. The van der Waals surface area contributed by atoms with E-state index in [1.165, 1.54) is 11.3 Å². The average molecular weight is 227 g/mol. The van der Waals surface area contributed by atoms with Crippen molar-refractivity contribution in [1.82, 2.24) is 10.2 Å². The van der Waals surface area contributed by atoms with Crippen LogP contribution in [0.5, 0.6) is 0 Å². The molecule has 2 heterocycles. The van der Waals surface area contributed by atoms with Crippen molar-refractivity contribution in [2.24, 2.45) is 0 Å². The zero-order valence-corrected chi connectivity index (χ0v) is 9.34. The standard InChI is InChI=1S/C9H13N3O2S/c1-2-7-11-12-9(15-7)10-8(13)6-4-3-5-14-6/h6H,2-5H2,1H3,(H,10,12,13)/t6-/m1/s1. The summed E-state index contributed by atoms with van der Waals surface area (Å²) in [6, 6.07) is 0. The lowest BCUT2D eigenvalue weighted by Crippen LogP contribution is -2.26. The van der Waals surface area contributed by atoms with Crippen molar-refractivity contribution in [1.29, 1.82) is 0 Å². The van der Waals surface area contributed by atoms with Crippen molar-refractivity contribution < 1.29 is 9.53 Å². The maximum atomic E-state index is 11.6. The van der Waals surface area contributed by atoms with Crippen LogP contribution in [0.25, 0.3) is 0 Å². The molecule has 1 saturated heterocycles. The molecule has 82 valence electrons. The zero-order chi connectivity index (χ0) is 10.7. The maximum Gasteiger partial charge on any atom is 0.255 e. The summed E-state index contributed by atoms with van der Waals surface area (Å²) in [7, 11) is 0. The predicted octanol–water partition coefficient (Wildman–Crippen LogP) is 1.22. The smallest absolute Gasteiger partial charge is 0.255 e. The highest BCUT2D eigenvalue weighted by atomic mass is 32.1. The van der Waals surface area contributed by atoms with E-state index >= 15 is 0 Å². The van der Waals surface area contributed by atoms with Crippen LogP contribution in [0.2, 0.25) is 0 Å². The normalized spacial score (nSPS) is 20.5. The number of ether oxygens (including phenoxy) is 1. The number of hydrogen-bond acceptors (Lipinski definition) is 5. The molecular weight excluding hydrogens is 214 g/mol. The van der Waals surface area contributed by atoms with Gasteiger partial charge in [0.15, 0.2) is 0 Å². The van der Waals surface area contributed by atoms with Gasteiger partial charge in [0.2, 0.25) is 5.13 Å². The molecule has 1 atom stereocenters. The molecule has 15 heavy (non-hydrogen) atoms. The average Bonchev–Trinajstić information content (AvgIpc) is 2.87. The van der Waals surface area contributed by atoms with Crippen molar-refractivity contribution >= 4 is 22.4 Å². The molecule has 1 N–H and O–H groups in total. The van der Waals surface area contributed by atoms with Crippen molar-refractivity contribution in [3.63, 3.8) is 0 Å². The van der Waals surface area contributed by atoms with Gasteiger partial charge < -0.3 is 4.74 Å². The van der Waals surface area contributed by atoms with Gasteiger partial charge in [-0.05, 0) is 19.3 Å². The summed E-state index contributed by atoms with van der Waals surface area (Å²) in [5.41, 5.74) is 0. The minimum Gasteiger partial charge on any atom is -0.368 e. The fraction of sp³-hybridized carbons (Fsp3) is 0.667. The highest BCUT2D eigenvalue weighted by Gasteiger charge is 2.24. The van der Waals surface area contributed by atoms with Crippen molar-refractivity contribution in [3.8, 4) is 0 Å². The molecule has 1 aromatic heterocycles. The number of aromatic nitrogens is 2. The first kappa shape index (κ1) is 10.5. The monoisotopic (exact) mass is 227 g/mol. The first-order chi connectivity index (χ1) is 7.29. The topological polar surface area (TPSA) is 64.1 Å². The number of carbonyl (C=O) groups excluding carboxylic acids is 1. The molecule has 0 unspecified atom stereocenters. The Hall–Kier alpha value is -1.01. The quantitative estimate of drug-likeness (QED) is 0.843. The molecule has 1 amide bonds. The molecule has 2 rings (SSSR count). The lowest BCUT2D eigenvalue weighted by molar-refractivity contribution is -0.124. The molecule has 1 aromatic rings. The summed E-state index contributed by atoms with van der Waals surface area (Å²) in [6.45, 7) is 2.68. The van der Waals surface area contributed by atoms with Crippen LogP contribution in [0.15, 0.2) is 0 Å². The van der Waals surface area contributed by atoms with E-state index in [0.29, 0.717) is 11.7 Å². The highest BCUT2D eigenvalue weighted by molar-refractivity contribution is 7.15. The van der Waals surface area contributed by atoms with Gasteiger partial charge in [0.1, 0.15) is 11.1 Å². The second kappa shape index (κ2) is 4.67. The summed E-state index contributed by atoms with van der Waals surface area (Å²) >= 11 is 1.41. The highest BCUT2D eigenvalue weighted by Crippen LogP contribution is 2.18. The summed E-state index contributed by atoms with van der Waals surface area (Å²) < 4.78 is 5.26. The molecular formula is C9H13N3O2S. The first-order valence-corrected chi connectivity index (χ1v) is 5.86. The van der Waals surface area contributed by atoms with Gasteiger partial charge in [0.25, 0.3) is 5.91 Å². The van der Waals surface area contributed by atoms with Crippen molar-refractivity contribution in [3.05, 3.63) is 5.01 Å². The van der Waals surface area contributed by atoms with Crippen LogP contribution in [0.4, 0.5) is 5.13 Å². The van der Waals surface area contributed by atoms with E-state index < -0.39 is 0 Å². The van der Waals surface area contributed by atoms with Gasteiger partial charge >= 0.3 is 0 Å². The number of nitrogens with one attached hydrogen (secondary N) is 1. The SMILES string of the molecule is CCc1nnc(NC(=O)[C@H]2CCCO2)s1. The Bertz CT molecular complexity index is 347. The third-order valence-electron chi connectivity index (χ3n) is 2.22. The van der Waals surface area contributed by atoms with E-state index in [4.69, 9.17) is 4.74 Å². The number of anilines is 1. The molecule has 5 nitrogen and oxygen atoms in total. The Morgan fingerprint density at radius 3 is 3.13 bits per heavy atom. The van der Waals surface area contributed by atoms with Crippen LogP contribution in [-0.2, 0) is 16.0 Å². The summed E-state index contributed by atoms with van der Waals surface area (Å²) in [5, 5.41) is 12.0. The number of rotatable bonds is 3. The molecule has 0 aliphatic carbocycles. The Labute approximate surface area is 91.9 Å². The van der Waals surface area contributed by atoms with Gasteiger partial charge in [-0.1, -0.05) is 18.3 Å². The van der Waals surface area contributed by atoms with E-state index in [9.17, 15) is 4.79 Å². The van der Waals surface area contributed by atoms with Crippen LogP contribution in [-0.4, -0.2) is 28.8 Å². The molecule has 0 saturated carbocycles. The number of carbonyl (C=O) groups is 1. The third kappa shape index (κ3) is 2.51. The van der Waals surface area contributed by atoms with Gasteiger partial charge in [-0.2, -0.15) is 0 Å². The largest absolute Gasteiger partial charge is 0.368 e. The van der Waals surface area contributed by atoms with Crippen LogP contribution in [0, 0.1) is 0 Å². The predicted molar refractivity (Wildman–Crippen MR) is 56.9 cm³/mol. The van der Waals surface area contributed by atoms with Gasteiger partial charge in [-0.3, -0.25) is 10.1 Å². The van der Waals surface area contributed by atoms with E-state index in [1.807, 2.05) is 6.92 Å². The number of hydrogen-bond donors (Lipinski definition) is 1. The molecule has 1 aliphatic rings. The van der Waals surface area contributed by atoms with Crippen LogP contribution < -0.4 is 5.32 Å². The molecule has 0 bridgehead atoms. The minimum absolute atomic E-state index is 0.105. The van der Waals surface area contributed by atoms with E-state index in [1.54, 1.807) is 0 Å². The number of aryl methyl sites for hydroxylation is 1. The third-order valence-corrected chi connectivity index (χ3v) is 3.20. The Morgan fingerprint density at radius 2 is 2.53 bits per heavy atom. The molecule has 1 fully saturated rings. The molecule has 0 spiro atoms. The van der Waals surface area contributed by atoms with E-state index in [0.717, 1.165) is 24.3 Å². The summed E-state index contributed by atoms with van der Waals surface area (Å²) in [6.07, 6.45) is 2.28. The summed E-state index contributed by atoms with van der Waals surface area (Å²) in [4.78, 5) is 11.6. The fourth-order valence-corrected chi connectivity index (χ4v) is 2.10. The molecule has 6 heteroatoms. The second-order valence-electron chi connectivity index (χ2n) is 3.35. The van der Waals surface area contributed by atoms with Gasteiger partial charge in [0.05, 0.1) is 0 Å². The first-order valence-electron chi connectivity index (χ1n) is 5.04. The fourth-order valence-electron chi connectivity index (χ4n) is 1.42. The van der Waals surface area contributed by atoms with E-state index in [2.05, 4.69) is 15.5 Å². The number of amides is 1. The van der Waals surface area contributed by atoms with Crippen LogP contribution in [0.1, 0.15) is 24.8 Å². The summed E-state index contributed by atoms with van der Waals surface area (Å²) in [5.74, 6) is -0.105. The lowest BCUT2D eigenvalue weighted by atomic mass is 10.2. The van der Waals surface area contributed by atoms with Gasteiger partial charge in [-0.25, -0.2) is 0 Å². The van der Waals surface area contributed by atoms with Crippen LogP contribution >= 0.6 is 11.3 Å². The molecule has 0 aromatic carbocycles. The Kier molecular flexibility index (Phi) is 3.27. The van der Waals surface area contributed by atoms with E-state index in [-0.39, 0.29) is 12.0 Å². The minimum atomic E-state index is -0.307. The second-order valence-corrected chi connectivity index (χ2v) is 4.41. The Morgan fingerprint density at radius 1 is 1.67 bits per heavy atom. The van der Waals surface area contributed by atoms with Gasteiger partial charge in [-0.15, -0.1) is 10.2 Å². The van der Waals surface area contributed by atoms with Crippen molar-refractivity contribution in [2.45, 2.75) is 32.3 Å².